The summed E-state index contributed by atoms with van der Waals surface area (Å²) in [6.45, 7) is 12.8. The van der Waals surface area contributed by atoms with Crippen molar-refractivity contribution in [2.24, 2.45) is 4.99 Å². The number of nitrogens with one attached hydrogen (secondary N) is 1. The van der Waals surface area contributed by atoms with Crippen molar-refractivity contribution in [3.63, 3.8) is 0 Å². The lowest BCUT2D eigenvalue weighted by Gasteiger charge is -2.39. The van der Waals surface area contributed by atoms with Crippen LogP contribution in [0, 0.1) is 0 Å². The van der Waals surface area contributed by atoms with E-state index in [1.807, 2.05) is 20.1 Å². The molecule has 1 aromatic heterocycles. The van der Waals surface area contributed by atoms with Gasteiger partial charge in [-0.3, -0.25) is 4.99 Å². The molecule has 0 unspecified atom stereocenters. The maximum Gasteiger partial charge on any atom is 0.177 e. The summed E-state index contributed by atoms with van der Waals surface area (Å²) in [5.74, 6) is 1.96. The Bertz CT molecular complexity index is 1540. The first kappa shape index (κ1) is 30.0. The highest BCUT2D eigenvalue weighted by molar-refractivity contribution is 7.90. The predicted molar refractivity (Wildman–Crippen MR) is 170 cm³/mol. The third kappa shape index (κ3) is 6.76. The van der Waals surface area contributed by atoms with Crippen LogP contribution in [0.15, 0.2) is 52.4 Å². The molecule has 0 aliphatic carbocycles. The van der Waals surface area contributed by atoms with Gasteiger partial charge in [0.1, 0.15) is 17.3 Å². The standard InChI is InChI=1S/C32H42N6O3S/c1-6-37(7-2)24-15-18-38(19-16-24)25-13-12-23(28(21-25)41-22(3)4)20-30-34-27-14-17-33-31(27)32(36-30)35-26-10-8-9-11-29(26)42(5,39)40/h8-13,17,21-22,24H,6-7,14-16,18-20H2,1-5H3,(H,34,35,36). The number of fused-ring (bicyclic) bond motifs is 1. The van der Waals surface area contributed by atoms with Crippen molar-refractivity contribution >= 4 is 38.9 Å². The van der Waals surface area contributed by atoms with Crippen LogP contribution in [0.3, 0.4) is 0 Å². The van der Waals surface area contributed by atoms with E-state index in [9.17, 15) is 8.42 Å². The third-order valence-corrected chi connectivity index (χ3v) is 9.12. The first-order chi connectivity index (χ1) is 20.2. The number of benzene rings is 2. The van der Waals surface area contributed by atoms with E-state index in [1.165, 1.54) is 11.9 Å². The maximum absolute atomic E-state index is 12.4. The number of hydrogen-bond acceptors (Lipinski definition) is 9. The molecule has 0 saturated carbocycles. The number of aliphatic imine (C=N–C) groups is 1. The molecule has 2 aliphatic heterocycles. The van der Waals surface area contributed by atoms with E-state index in [4.69, 9.17) is 14.7 Å². The van der Waals surface area contributed by atoms with Crippen LogP contribution in [-0.4, -0.2) is 74.1 Å². The fraction of sp³-hybridized carbons (Fsp3) is 0.469. The lowest BCUT2D eigenvalue weighted by Crippen LogP contribution is -2.44. The molecule has 0 atom stereocenters. The van der Waals surface area contributed by atoms with Crippen LogP contribution in [0.2, 0.25) is 0 Å². The van der Waals surface area contributed by atoms with Gasteiger partial charge in [0.05, 0.1) is 22.4 Å². The summed E-state index contributed by atoms with van der Waals surface area (Å²) in [4.78, 5) is 19.4. The lowest BCUT2D eigenvalue weighted by atomic mass is 10.0. The molecule has 5 rings (SSSR count). The van der Waals surface area contributed by atoms with E-state index in [0.717, 1.165) is 56.0 Å². The zero-order valence-corrected chi connectivity index (χ0v) is 26.1. The van der Waals surface area contributed by atoms with E-state index < -0.39 is 9.84 Å². The molecule has 10 heteroatoms. The van der Waals surface area contributed by atoms with E-state index in [-0.39, 0.29) is 11.0 Å². The number of para-hydroxylation sites is 1. The summed E-state index contributed by atoms with van der Waals surface area (Å²) >= 11 is 0. The zero-order chi connectivity index (χ0) is 29.9. The Morgan fingerprint density at radius 1 is 1.07 bits per heavy atom. The van der Waals surface area contributed by atoms with Crippen molar-refractivity contribution in [1.29, 1.82) is 0 Å². The van der Waals surface area contributed by atoms with Crippen LogP contribution in [0.4, 0.5) is 22.9 Å². The molecule has 224 valence electrons. The number of hydrogen-bond donors (Lipinski definition) is 1. The summed E-state index contributed by atoms with van der Waals surface area (Å²) < 4.78 is 31.1. The van der Waals surface area contributed by atoms with Gasteiger partial charge in [-0.2, -0.15) is 0 Å². The van der Waals surface area contributed by atoms with Crippen LogP contribution < -0.4 is 15.0 Å². The second-order valence-corrected chi connectivity index (χ2v) is 13.3. The van der Waals surface area contributed by atoms with Crippen LogP contribution in [0.25, 0.3) is 0 Å². The van der Waals surface area contributed by atoms with Crippen molar-refractivity contribution in [2.75, 3.05) is 42.7 Å². The molecule has 42 heavy (non-hydrogen) atoms. The van der Waals surface area contributed by atoms with Gasteiger partial charge in [-0.25, -0.2) is 18.4 Å². The molecule has 0 amide bonds. The molecule has 9 nitrogen and oxygen atoms in total. The maximum atomic E-state index is 12.4. The number of nitrogens with zero attached hydrogens (tertiary/aromatic N) is 5. The minimum absolute atomic E-state index is 0.0199. The molecule has 1 saturated heterocycles. The normalized spacial score (nSPS) is 15.5. The van der Waals surface area contributed by atoms with Crippen LogP contribution in [0.5, 0.6) is 5.75 Å². The Morgan fingerprint density at radius 2 is 1.81 bits per heavy atom. The molecule has 2 aliphatic rings. The van der Waals surface area contributed by atoms with Gasteiger partial charge in [-0.15, -0.1) is 0 Å². The summed E-state index contributed by atoms with van der Waals surface area (Å²) in [5, 5.41) is 3.24. The quantitative estimate of drug-likeness (QED) is 0.309. The monoisotopic (exact) mass is 590 g/mol. The number of ether oxygens (including phenoxy) is 1. The third-order valence-electron chi connectivity index (χ3n) is 7.97. The van der Waals surface area contributed by atoms with Gasteiger partial charge in [0.25, 0.3) is 0 Å². The highest BCUT2D eigenvalue weighted by Crippen LogP contribution is 2.36. The van der Waals surface area contributed by atoms with E-state index in [1.54, 1.807) is 24.3 Å². The molecule has 1 fully saturated rings. The molecule has 3 aromatic rings. The molecule has 0 radical (unpaired) electrons. The molecule has 3 heterocycles. The number of piperidine rings is 1. The van der Waals surface area contributed by atoms with Crippen molar-refractivity contribution in [3.05, 3.63) is 59.5 Å². The van der Waals surface area contributed by atoms with Crippen molar-refractivity contribution in [1.82, 2.24) is 14.9 Å². The van der Waals surface area contributed by atoms with Crippen LogP contribution in [-0.2, 0) is 22.7 Å². The van der Waals surface area contributed by atoms with E-state index in [0.29, 0.717) is 41.9 Å². The van der Waals surface area contributed by atoms with Crippen molar-refractivity contribution < 1.29 is 13.2 Å². The van der Waals surface area contributed by atoms with Gasteiger partial charge in [0, 0.05) is 61.8 Å². The number of rotatable bonds is 11. The van der Waals surface area contributed by atoms with Gasteiger partial charge in [-0.05, 0) is 58.0 Å². The molecular formula is C32H42N6O3S. The first-order valence-corrected chi connectivity index (χ1v) is 16.8. The highest BCUT2D eigenvalue weighted by atomic mass is 32.2. The van der Waals surface area contributed by atoms with Gasteiger partial charge in [0.2, 0.25) is 0 Å². The summed E-state index contributed by atoms with van der Waals surface area (Å²) in [7, 11) is -3.43. The second-order valence-electron chi connectivity index (χ2n) is 11.3. The average molecular weight is 591 g/mol. The Balaban J connectivity index is 1.41. The largest absolute Gasteiger partial charge is 0.491 e. The first-order valence-electron chi connectivity index (χ1n) is 14.9. The second kappa shape index (κ2) is 12.8. The topological polar surface area (TPSA) is 100 Å². The summed E-state index contributed by atoms with van der Waals surface area (Å²) in [6.07, 6.45) is 6.43. The van der Waals surface area contributed by atoms with Crippen molar-refractivity contribution in [2.45, 2.75) is 70.4 Å². The van der Waals surface area contributed by atoms with Gasteiger partial charge < -0.3 is 19.9 Å². The van der Waals surface area contributed by atoms with Gasteiger partial charge >= 0.3 is 0 Å². The SMILES string of the molecule is CCN(CC)C1CCN(c2ccc(Cc3nc4c(c(Nc5ccccc5S(C)(=O)=O)n3)N=CC4)c(OC(C)C)c2)CC1. The van der Waals surface area contributed by atoms with Crippen LogP contribution in [0.1, 0.15) is 57.6 Å². The van der Waals surface area contributed by atoms with Crippen LogP contribution >= 0.6 is 0 Å². The summed E-state index contributed by atoms with van der Waals surface area (Å²) in [5.41, 5.74) is 4.11. The highest BCUT2D eigenvalue weighted by Gasteiger charge is 2.25. The number of sulfone groups is 1. The molecule has 0 bridgehead atoms. The van der Waals surface area contributed by atoms with Crippen molar-refractivity contribution in [3.8, 4) is 5.75 Å². The fourth-order valence-corrected chi connectivity index (χ4v) is 6.73. The Kier molecular flexibility index (Phi) is 9.13. The number of aromatic nitrogens is 2. The molecule has 2 aromatic carbocycles. The van der Waals surface area contributed by atoms with E-state index >= 15 is 0 Å². The smallest absolute Gasteiger partial charge is 0.177 e. The zero-order valence-electron chi connectivity index (χ0n) is 25.3. The lowest BCUT2D eigenvalue weighted by molar-refractivity contribution is 0.186. The molecule has 1 N–H and O–H groups in total. The van der Waals surface area contributed by atoms with Gasteiger partial charge in [-0.1, -0.05) is 32.0 Å². The minimum Gasteiger partial charge on any atom is -0.491 e. The molecule has 0 spiro atoms. The van der Waals surface area contributed by atoms with E-state index in [2.05, 4.69) is 52.2 Å². The summed E-state index contributed by atoms with van der Waals surface area (Å²) in [6, 6.07) is 13.9. The fourth-order valence-electron chi connectivity index (χ4n) is 5.89. The Labute approximate surface area is 250 Å². The number of anilines is 3. The Morgan fingerprint density at radius 3 is 2.50 bits per heavy atom. The minimum atomic E-state index is -3.43. The Hall–Kier alpha value is -3.50. The molecular weight excluding hydrogens is 548 g/mol. The average Bonchev–Trinajstić information content (AvgIpc) is 3.44. The predicted octanol–water partition coefficient (Wildman–Crippen LogP) is 5.57. The van der Waals surface area contributed by atoms with Gasteiger partial charge in [0.15, 0.2) is 15.7 Å².